The SMILES string of the molecule is Cc1nc2ccc(Br)c(Cl)c2[nH]c1=O. The Balaban J connectivity index is 2.97. The molecular weight excluding hydrogens is 267 g/mol. The van der Waals surface area contributed by atoms with Crippen LogP contribution < -0.4 is 5.56 Å². The highest BCUT2D eigenvalue weighted by molar-refractivity contribution is 9.10. The molecule has 1 aromatic heterocycles. The van der Waals surface area contributed by atoms with Crippen LogP contribution in [-0.4, -0.2) is 9.97 Å². The van der Waals surface area contributed by atoms with Gasteiger partial charge >= 0.3 is 0 Å². The van der Waals surface area contributed by atoms with Gasteiger partial charge in [-0.05, 0) is 35.0 Å². The van der Waals surface area contributed by atoms with Crippen LogP contribution in [0.4, 0.5) is 0 Å². The molecule has 0 fully saturated rings. The highest BCUT2D eigenvalue weighted by Crippen LogP contribution is 2.27. The highest BCUT2D eigenvalue weighted by atomic mass is 79.9. The number of fused-ring (bicyclic) bond motifs is 1. The van der Waals surface area contributed by atoms with Crippen LogP contribution in [0.3, 0.4) is 0 Å². The quantitative estimate of drug-likeness (QED) is 0.802. The maximum absolute atomic E-state index is 11.3. The van der Waals surface area contributed by atoms with E-state index in [0.717, 1.165) is 4.47 Å². The van der Waals surface area contributed by atoms with Crippen LogP contribution in [0.25, 0.3) is 11.0 Å². The molecule has 0 amide bonds. The van der Waals surface area contributed by atoms with Crippen molar-refractivity contribution < 1.29 is 0 Å². The number of benzene rings is 1. The van der Waals surface area contributed by atoms with Gasteiger partial charge in [-0.3, -0.25) is 4.79 Å². The molecule has 0 aliphatic heterocycles. The van der Waals surface area contributed by atoms with Gasteiger partial charge in [-0.1, -0.05) is 11.6 Å². The maximum Gasteiger partial charge on any atom is 0.269 e. The van der Waals surface area contributed by atoms with E-state index in [0.29, 0.717) is 21.7 Å². The van der Waals surface area contributed by atoms with Crippen LogP contribution in [0.2, 0.25) is 5.02 Å². The average Bonchev–Trinajstić information content (AvgIpc) is 2.15. The predicted octanol–water partition coefficient (Wildman–Crippen LogP) is 2.65. The molecule has 5 heteroatoms. The fourth-order valence-electron chi connectivity index (χ4n) is 1.19. The summed E-state index contributed by atoms with van der Waals surface area (Å²) in [7, 11) is 0. The number of nitrogens with zero attached hydrogens (tertiary/aromatic N) is 1. The third-order valence-corrected chi connectivity index (χ3v) is 3.21. The van der Waals surface area contributed by atoms with Gasteiger partial charge in [-0.15, -0.1) is 0 Å². The Kier molecular flexibility index (Phi) is 2.33. The summed E-state index contributed by atoms with van der Waals surface area (Å²) in [4.78, 5) is 18.1. The van der Waals surface area contributed by atoms with Crippen LogP contribution in [0.15, 0.2) is 21.4 Å². The number of nitrogens with one attached hydrogen (secondary N) is 1. The van der Waals surface area contributed by atoms with Gasteiger partial charge < -0.3 is 4.98 Å². The van der Waals surface area contributed by atoms with E-state index >= 15 is 0 Å². The van der Waals surface area contributed by atoms with Gasteiger partial charge in [-0.25, -0.2) is 4.98 Å². The lowest BCUT2D eigenvalue weighted by atomic mass is 10.3. The summed E-state index contributed by atoms with van der Waals surface area (Å²) < 4.78 is 0.743. The second-order valence-electron chi connectivity index (χ2n) is 2.91. The van der Waals surface area contributed by atoms with E-state index in [4.69, 9.17) is 11.6 Å². The van der Waals surface area contributed by atoms with Gasteiger partial charge in [0.2, 0.25) is 0 Å². The standard InChI is InChI=1S/C9H6BrClN2O/c1-4-9(14)13-8-6(12-4)3-2-5(10)7(8)11/h2-3H,1H3,(H,13,14). The van der Waals surface area contributed by atoms with Crippen LogP contribution in [-0.2, 0) is 0 Å². The normalized spacial score (nSPS) is 10.8. The Morgan fingerprint density at radius 3 is 2.93 bits per heavy atom. The first-order chi connectivity index (χ1) is 6.59. The molecule has 2 rings (SSSR count). The molecule has 14 heavy (non-hydrogen) atoms. The molecule has 2 aromatic rings. The minimum absolute atomic E-state index is 0.211. The van der Waals surface area contributed by atoms with Crippen LogP contribution in [0.1, 0.15) is 5.69 Å². The lowest BCUT2D eigenvalue weighted by molar-refractivity contribution is 1.12. The topological polar surface area (TPSA) is 45.8 Å². The number of hydrogen-bond donors (Lipinski definition) is 1. The van der Waals surface area contributed by atoms with Crippen molar-refractivity contribution in [2.45, 2.75) is 6.92 Å². The Labute approximate surface area is 93.2 Å². The summed E-state index contributed by atoms with van der Waals surface area (Å²) in [5.41, 5.74) is 1.49. The lowest BCUT2D eigenvalue weighted by Crippen LogP contribution is -2.11. The maximum atomic E-state index is 11.3. The lowest BCUT2D eigenvalue weighted by Gasteiger charge is -2.02. The number of aromatic nitrogens is 2. The van der Waals surface area contributed by atoms with E-state index in [-0.39, 0.29) is 5.56 Å². The van der Waals surface area contributed by atoms with Crippen LogP contribution in [0, 0.1) is 6.92 Å². The molecule has 0 aliphatic rings. The monoisotopic (exact) mass is 272 g/mol. The fraction of sp³-hybridized carbons (Fsp3) is 0.111. The van der Waals surface area contributed by atoms with E-state index in [1.165, 1.54) is 0 Å². The molecule has 1 aromatic carbocycles. The number of rotatable bonds is 0. The smallest absolute Gasteiger partial charge is 0.269 e. The van der Waals surface area contributed by atoms with Crippen molar-refractivity contribution in [2.24, 2.45) is 0 Å². The number of hydrogen-bond acceptors (Lipinski definition) is 2. The first kappa shape index (κ1) is 9.68. The molecule has 0 saturated carbocycles. The van der Waals surface area contributed by atoms with Gasteiger partial charge in [0, 0.05) is 4.47 Å². The van der Waals surface area contributed by atoms with Crippen molar-refractivity contribution in [3.8, 4) is 0 Å². The number of aryl methyl sites for hydroxylation is 1. The molecule has 0 saturated heterocycles. The van der Waals surface area contributed by atoms with Crippen molar-refractivity contribution >= 4 is 38.6 Å². The second-order valence-corrected chi connectivity index (χ2v) is 4.14. The van der Waals surface area contributed by atoms with Crippen LogP contribution in [0.5, 0.6) is 0 Å². The molecular formula is C9H6BrClN2O. The van der Waals surface area contributed by atoms with Gasteiger partial charge in [-0.2, -0.15) is 0 Å². The molecule has 1 N–H and O–H groups in total. The van der Waals surface area contributed by atoms with E-state index in [1.807, 2.05) is 0 Å². The average molecular weight is 274 g/mol. The predicted molar refractivity (Wildman–Crippen MR) is 59.8 cm³/mol. The minimum atomic E-state index is -0.211. The van der Waals surface area contributed by atoms with Gasteiger partial charge in [0.25, 0.3) is 5.56 Å². The Morgan fingerprint density at radius 1 is 1.50 bits per heavy atom. The molecule has 0 bridgehead atoms. The number of halogens is 2. The molecule has 0 unspecified atom stereocenters. The number of aromatic amines is 1. The zero-order valence-electron chi connectivity index (χ0n) is 7.27. The number of H-pyrrole nitrogens is 1. The van der Waals surface area contributed by atoms with Crippen molar-refractivity contribution in [3.05, 3.63) is 37.7 Å². The molecule has 72 valence electrons. The largest absolute Gasteiger partial charge is 0.318 e. The second kappa shape index (κ2) is 3.37. The zero-order chi connectivity index (χ0) is 10.3. The molecule has 1 heterocycles. The fourth-order valence-corrected chi connectivity index (χ4v) is 1.73. The van der Waals surface area contributed by atoms with E-state index < -0.39 is 0 Å². The van der Waals surface area contributed by atoms with Gasteiger partial charge in [0.1, 0.15) is 5.69 Å². The van der Waals surface area contributed by atoms with E-state index in [1.54, 1.807) is 19.1 Å². The Morgan fingerprint density at radius 2 is 2.21 bits per heavy atom. The first-order valence-electron chi connectivity index (χ1n) is 3.94. The zero-order valence-corrected chi connectivity index (χ0v) is 9.61. The Bertz CT molecular complexity index is 564. The first-order valence-corrected chi connectivity index (χ1v) is 5.11. The van der Waals surface area contributed by atoms with Gasteiger partial charge in [0.05, 0.1) is 16.1 Å². The highest BCUT2D eigenvalue weighted by Gasteiger charge is 2.06. The summed E-state index contributed by atoms with van der Waals surface area (Å²) in [5, 5.41) is 0.479. The molecule has 0 aliphatic carbocycles. The van der Waals surface area contributed by atoms with Crippen molar-refractivity contribution in [1.82, 2.24) is 9.97 Å². The van der Waals surface area contributed by atoms with Crippen molar-refractivity contribution in [3.63, 3.8) is 0 Å². The molecule has 0 radical (unpaired) electrons. The summed E-state index contributed by atoms with van der Waals surface area (Å²) in [5.74, 6) is 0. The summed E-state index contributed by atoms with van der Waals surface area (Å²) >= 11 is 9.27. The van der Waals surface area contributed by atoms with E-state index in [9.17, 15) is 4.79 Å². The van der Waals surface area contributed by atoms with Gasteiger partial charge in [0.15, 0.2) is 0 Å². The summed E-state index contributed by atoms with van der Waals surface area (Å²) in [6, 6.07) is 3.60. The third-order valence-electron chi connectivity index (χ3n) is 1.93. The minimum Gasteiger partial charge on any atom is -0.318 e. The van der Waals surface area contributed by atoms with Crippen LogP contribution >= 0.6 is 27.5 Å². The Hall–Kier alpha value is -0.870. The van der Waals surface area contributed by atoms with Crippen molar-refractivity contribution in [1.29, 1.82) is 0 Å². The summed E-state index contributed by atoms with van der Waals surface area (Å²) in [6.45, 7) is 1.66. The van der Waals surface area contributed by atoms with Crippen molar-refractivity contribution in [2.75, 3.05) is 0 Å². The third kappa shape index (κ3) is 1.44. The molecule has 0 atom stereocenters. The molecule has 3 nitrogen and oxygen atoms in total. The molecule has 0 spiro atoms. The van der Waals surface area contributed by atoms with E-state index in [2.05, 4.69) is 25.9 Å². The summed E-state index contributed by atoms with van der Waals surface area (Å²) in [6.07, 6.45) is 0.